The zero-order valence-electron chi connectivity index (χ0n) is 14.8. The summed E-state index contributed by atoms with van der Waals surface area (Å²) in [6, 6.07) is 11.9. The van der Waals surface area contributed by atoms with Crippen molar-refractivity contribution in [2.75, 3.05) is 11.0 Å². The quantitative estimate of drug-likeness (QED) is 0.522. The summed E-state index contributed by atoms with van der Waals surface area (Å²) in [6.07, 6.45) is 7.27. The van der Waals surface area contributed by atoms with Crippen LogP contribution in [-0.2, 0) is 10.0 Å². The number of carbonyl (C=O) groups excluding carboxylic acids is 1. The van der Waals surface area contributed by atoms with Gasteiger partial charge in [-0.05, 0) is 30.3 Å². The molecule has 28 heavy (non-hydrogen) atoms. The molecule has 0 unspecified atom stereocenters. The Balaban J connectivity index is 1.80. The zero-order valence-corrected chi connectivity index (χ0v) is 15.6. The maximum absolute atomic E-state index is 12.8. The molecule has 3 aromatic heterocycles. The Labute approximate surface area is 160 Å². The molecule has 0 aliphatic rings. The number of ketones is 1. The first-order valence-electron chi connectivity index (χ1n) is 8.28. The summed E-state index contributed by atoms with van der Waals surface area (Å²) < 4.78 is 27.0. The van der Waals surface area contributed by atoms with Crippen LogP contribution in [-0.4, -0.2) is 40.0 Å². The van der Waals surface area contributed by atoms with Crippen LogP contribution in [0.15, 0.2) is 67.3 Å². The third kappa shape index (κ3) is 3.47. The van der Waals surface area contributed by atoms with Gasteiger partial charge in [-0.2, -0.15) is 5.10 Å². The maximum atomic E-state index is 12.8. The molecule has 0 fully saturated rings. The molecule has 4 rings (SSSR count). The fraction of sp³-hybridized carbons (Fsp3) is 0.0526. The lowest BCUT2D eigenvalue weighted by atomic mass is 10.1. The Morgan fingerprint density at radius 2 is 1.86 bits per heavy atom. The maximum Gasteiger partial charge on any atom is 0.229 e. The van der Waals surface area contributed by atoms with E-state index in [2.05, 4.69) is 19.8 Å². The molecule has 140 valence electrons. The van der Waals surface area contributed by atoms with Gasteiger partial charge >= 0.3 is 0 Å². The highest BCUT2D eigenvalue weighted by molar-refractivity contribution is 7.92. The lowest BCUT2D eigenvalue weighted by Gasteiger charge is -2.08. The minimum atomic E-state index is -3.39. The number of benzene rings is 1. The van der Waals surface area contributed by atoms with E-state index in [1.54, 1.807) is 59.5 Å². The summed E-state index contributed by atoms with van der Waals surface area (Å²) in [5.41, 5.74) is 3.13. The Hall–Kier alpha value is -3.59. The summed E-state index contributed by atoms with van der Waals surface area (Å²) in [6.45, 7) is 0. The normalized spacial score (nSPS) is 11.5. The Morgan fingerprint density at radius 1 is 1.07 bits per heavy atom. The molecule has 0 aliphatic carbocycles. The standard InChI is InChI=1S/C19H15N5O3S/c1-28(26,27)23-15-4-2-3-14(11-15)17-7-10-21-19-16(12-22-24(17)19)18(25)13-5-8-20-9-6-13/h2-12,23H,1H3. The number of pyridine rings is 1. The van der Waals surface area contributed by atoms with E-state index < -0.39 is 10.0 Å². The number of aromatic nitrogens is 4. The molecule has 9 heteroatoms. The molecular weight excluding hydrogens is 378 g/mol. The number of hydrogen-bond donors (Lipinski definition) is 1. The Morgan fingerprint density at radius 3 is 2.61 bits per heavy atom. The zero-order chi connectivity index (χ0) is 19.7. The highest BCUT2D eigenvalue weighted by Gasteiger charge is 2.18. The van der Waals surface area contributed by atoms with E-state index in [9.17, 15) is 13.2 Å². The highest BCUT2D eigenvalue weighted by atomic mass is 32.2. The average molecular weight is 393 g/mol. The minimum absolute atomic E-state index is 0.199. The predicted octanol–water partition coefficient (Wildman–Crippen LogP) is 2.39. The largest absolute Gasteiger partial charge is 0.288 e. The second kappa shape index (κ2) is 6.86. The highest BCUT2D eigenvalue weighted by Crippen LogP contribution is 2.25. The Kier molecular flexibility index (Phi) is 4.36. The lowest BCUT2D eigenvalue weighted by molar-refractivity contribution is 0.104. The van der Waals surface area contributed by atoms with Crippen molar-refractivity contribution < 1.29 is 13.2 Å². The van der Waals surface area contributed by atoms with Gasteiger partial charge in [0, 0.05) is 35.4 Å². The summed E-state index contributed by atoms with van der Waals surface area (Å²) in [5, 5.41) is 4.32. The fourth-order valence-electron chi connectivity index (χ4n) is 2.89. The smallest absolute Gasteiger partial charge is 0.229 e. The summed E-state index contributed by atoms with van der Waals surface area (Å²) in [7, 11) is -3.39. The first kappa shape index (κ1) is 17.8. The van der Waals surface area contributed by atoms with E-state index in [-0.39, 0.29) is 5.78 Å². The van der Waals surface area contributed by atoms with Crippen LogP contribution in [0.2, 0.25) is 0 Å². The SMILES string of the molecule is CS(=O)(=O)Nc1cccc(-c2ccnc3c(C(=O)c4ccncc4)cnn23)c1. The summed E-state index contributed by atoms with van der Waals surface area (Å²) in [5.74, 6) is -0.199. The molecule has 0 atom stereocenters. The second-order valence-electron chi connectivity index (χ2n) is 6.14. The summed E-state index contributed by atoms with van der Waals surface area (Å²) in [4.78, 5) is 21.0. The van der Waals surface area contributed by atoms with Crippen molar-refractivity contribution in [3.63, 3.8) is 0 Å². The fourth-order valence-corrected chi connectivity index (χ4v) is 3.44. The predicted molar refractivity (Wildman–Crippen MR) is 105 cm³/mol. The van der Waals surface area contributed by atoms with Crippen LogP contribution >= 0.6 is 0 Å². The molecular formula is C19H15N5O3S. The molecule has 1 N–H and O–H groups in total. The molecule has 0 radical (unpaired) electrons. The van der Waals surface area contributed by atoms with E-state index in [0.29, 0.717) is 28.2 Å². The number of hydrogen-bond acceptors (Lipinski definition) is 6. The second-order valence-corrected chi connectivity index (χ2v) is 7.89. The average Bonchev–Trinajstić information content (AvgIpc) is 3.11. The number of fused-ring (bicyclic) bond motifs is 1. The van der Waals surface area contributed by atoms with Gasteiger partial charge in [-0.1, -0.05) is 12.1 Å². The van der Waals surface area contributed by atoms with Gasteiger partial charge in [0.05, 0.1) is 23.7 Å². The van der Waals surface area contributed by atoms with Crippen LogP contribution in [0.4, 0.5) is 5.69 Å². The first-order chi connectivity index (χ1) is 13.4. The van der Waals surface area contributed by atoms with Gasteiger partial charge in [0.15, 0.2) is 11.4 Å². The topological polar surface area (TPSA) is 106 Å². The number of nitrogens with zero attached hydrogens (tertiary/aromatic N) is 4. The third-order valence-corrected chi connectivity index (χ3v) is 4.66. The van der Waals surface area contributed by atoms with Crippen LogP contribution in [0.25, 0.3) is 16.9 Å². The summed E-state index contributed by atoms with van der Waals surface area (Å²) >= 11 is 0. The van der Waals surface area contributed by atoms with Gasteiger partial charge < -0.3 is 0 Å². The molecule has 8 nitrogen and oxygen atoms in total. The van der Waals surface area contributed by atoms with Gasteiger partial charge in [-0.3, -0.25) is 14.5 Å². The van der Waals surface area contributed by atoms with Crippen molar-refractivity contribution in [3.05, 3.63) is 78.4 Å². The molecule has 1 aromatic carbocycles. The van der Waals surface area contributed by atoms with E-state index in [1.807, 2.05) is 6.07 Å². The van der Waals surface area contributed by atoms with Crippen LogP contribution in [0, 0.1) is 0 Å². The van der Waals surface area contributed by atoms with Crippen molar-refractivity contribution in [3.8, 4) is 11.3 Å². The van der Waals surface area contributed by atoms with E-state index in [0.717, 1.165) is 11.8 Å². The van der Waals surface area contributed by atoms with Crippen LogP contribution in [0.5, 0.6) is 0 Å². The van der Waals surface area contributed by atoms with E-state index in [4.69, 9.17) is 0 Å². The molecule has 0 spiro atoms. The van der Waals surface area contributed by atoms with Gasteiger partial charge in [-0.15, -0.1) is 0 Å². The molecule has 0 amide bonds. The molecule has 0 bridgehead atoms. The van der Waals surface area contributed by atoms with Crippen molar-refractivity contribution in [2.24, 2.45) is 0 Å². The monoisotopic (exact) mass is 393 g/mol. The van der Waals surface area contributed by atoms with Gasteiger partial charge in [-0.25, -0.2) is 17.9 Å². The van der Waals surface area contributed by atoms with Crippen molar-refractivity contribution in [1.82, 2.24) is 19.6 Å². The number of sulfonamides is 1. The van der Waals surface area contributed by atoms with Crippen molar-refractivity contribution in [2.45, 2.75) is 0 Å². The van der Waals surface area contributed by atoms with Gasteiger partial charge in [0.1, 0.15) is 0 Å². The third-order valence-electron chi connectivity index (χ3n) is 4.05. The van der Waals surface area contributed by atoms with Crippen LogP contribution < -0.4 is 4.72 Å². The molecule has 3 heterocycles. The minimum Gasteiger partial charge on any atom is -0.288 e. The first-order valence-corrected chi connectivity index (χ1v) is 10.2. The Bertz CT molecular complexity index is 1280. The lowest BCUT2D eigenvalue weighted by Crippen LogP contribution is -2.09. The van der Waals surface area contributed by atoms with E-state index >= 15 is 0 Å². The van der Waals surface area contributed by atoms with Gasteiger partial charge in [0.2, 0.25) is 10.0 Å². The van der Waals surface area contributed by atoms with Crippen LogP contribution in [0.1, 0.15) is 15.9 Å². The molecule has 0 saturated heterocycles. The number of anilines is 1. The molecule has 4 aromatic rings. The van der Waals surface area contributed by atoms with Crippen molar-refractivity contribution >= 4 is 27.1 Å². The van der Waals surface area contributed by atoms with Gasteiger partial charge in [0.25, 0.3) is 0 Å². The van der Waals surface area contributed by atoms with E-state index in [1.165, 1.54) is 6.20 Å². The number of carbonyl (C=O) groups is 1. The van der Waals surface area contributed by atoms with Crippen LogP contribution in [0.3, 0.4) is 0 Å². The van der Waals surface area contributed by atoms with Crippen molar-refractivity contribution in [1.29, 1.82) is 0 Å². The number of rotatable bonds is 5. The molecule has 0 saturated carbocycles. The molecule has 0 aliphatic heterocycles. The number of nitrogens with one attached hydrogen (secondary N) is 1.